The third-order valence-corrected chi connectivity index (χ3v) is 7.65. The van der Waals surface area contributed by atoms with Gasteiger partial charge in [-0.3, -0.25) is 10.1 Å². The number of alkyl carbamates (subject to hydrolysis) is 1. The van der Waals surface area contributed by atoms with Gasteiger partial charge in [-0.15, -0.1) is 0 Å². The Balaban J connectivity index is 3.60. The molecule has 230 valence electrons. The summed E-state index contributed by atoms with van der Waals surface area (Å²) in [5.41, 5.74) is 16.4. The van der Waals surface area contributed by atoms with Crippen molar-refractivity contribution in [3.05, 3.63) is 11.8 Å². The monoisotopic (exact) mass is 606 g/mol. The van der Waals surface area contributed by atoms with E-state index in [4.69, 9.17) is 40.9 Å². The molecule has 2 amide bonds. The highest BCUT2D eigenvalue weighted by atomic mass is 33.1. The van der Waals surface area contributed by atoms with E-state index >= 15 is 0 Å². The summed E-state index contributed by atoms with van der Waals surface area (Å²) < 4.78 is 27.1. The lowest BCUT2D eigenvalue weighted by Crippen LogP contribution is -2.25. The van der Waals surface area contributed by atoms with Crippen LogP contribution < -0.4 is 27.8 Å². The topological polar surface area (TPSA) is 195 Å². The molecule has 0 atom stereocenters. The number of hydrogen-bond acceptors (Lipinski definition) is 12. The smallest absolute Gasteiger partial charge is 0.407 e. The summed E-state index contributed by atoms with van der Waals surface area (Å²) in [5, 5.41) is 5.68. The van der Waals surface area contributed by atoms with E-state index < -0.39 is 6.09 Å². The molecule has 0 spiro atoms. The average molecular weight is 607 g/mol. The van der Waals surface area contributed by atoms with Crippen molar-refractivity contribution >= 4 is 39.9 Å². The summed E-state index contributed by atoms with van der Waals surface area (Å²) in [4.78, 5) is 25.3. The Morgan fingerprint density at radius 3 is 2.50 bits per heavy atom. The minimum Gasteiger partial charge on any atom is -0.450 e. The van der Waals surface area contributed by atoms with Gasteiger partial charge in [-0.25, -0.2) is 4.79 Å². The van der Waals surface area contributed by atoms with Crippen molar-refractivity contribution in [3.8, 4) is 11.8 Å². The van der Waals surface area contributed by atoms with E-state index in [0.717, 1.165) is 25.6 Å². The molecule has 8 N–H and O–H groups in total. The van der Waals surface area contributed by atoms with Crippen LogP contribution in [0.5, 0.6) is 0 Å². The van der Waals surface area contributed by atoms with Crippen LogP contribution in [0.15, 0.2) is 16.8 Å². The van der Waals surface area contributed by atoms with Gasteiger partial charge in [0.15, 0.2) is 0 Å². The molecule has 13 nitrogen and oxygen atoms in total. The minimum atomic E-state index is -0.578. The molecule has 0 heterocycles. The van der Waals surface area contributed by atoms with Gasteiger partial charge in [0.05, 0.1) is 51.9 Å². The van der Waals surface area contributed by atoms with Gasteiger partial charge in [-0.2, -0.15) is 4.99 Å². The molecule has 0 aliphatic rings. The van der Waals surface area contributed by atoms with Gasteiger partial charge in [-0.05, 0) is 33.1 Å². The van der Waals surface area contributed by atoms with Gasteiger partial charge in [0.1, 0.15) is 11.8 Å². The molecule has 0 saturated heterocycles. The SMILES string of the molecule is CC(C)(CCOCNCCOCCOCCN)SSCOCCCCOC(=O)NCC#CC(=C/N)/C(N)=N\C=O. The van der Waals surface area contributed by atoms with Crippen molar-refractivity contribution in [2.75, 3.05) is 78.6 Å². The van der Waals surface area contributed by atoms with Crippen LogP contribution in [0, 0.1) is 11.8 Å². The lowest BCUT2D eigenvalue weighted by atomic mass is 10.1. The lowest BCUT2D eigenvalue weighted by Gasteiger charge is -2.23. The maximum atomic E-state index is 11.7. The zero-order valence-corrected chi connectivity index (χ0v) is 25.2. The second-order valence-electron chi connectivity index (χ2n) is 8.50. The highest BCUT2D eigenvalue weighted by Crippen LogP contribution is 2.37. The van der Waals surface area contributed by atoms with Crippen LogP contribution in [0.25, 0.3) is 0 Å². The number of hydrogen-bond donors (Lipinski definition) is 5. The number of nitrogens with two attached hydrogens (primary N) is 3. The van der Waals surface area contributed by atoms with Gasteiger partial charge >= 0.3 is 6.09 Å². The van der Waals surface area contributed by atoms with Gasteiger partial charge in [0.25, 0.3) is 0 Å². The molecule has 15 heteroatoms. The Hall–Kier alpha value is -2.03. The Kier molecular flexibility index (Phi) is 25.8. The number of aliphatic imine (C=N–C) groups is 1. The highest BCUT2D eigenvalue weighted by molar-refractivity contribution is 8.77. The molecule has 0 aliphatic heterocycles. The van der Waals surface area contributed by atoms with Crippen LogP contribution in [0.1, 0.15) is 33.1 Å². The minimum absolute atomic E-state index is 0.0321. The van der Waals surface area contributed by atoms with Gasteiger partial charge in [0, 0.05) is 37.3 Å². The van der Waals surface area contributed by atoms with Crippen molar-refractivity contribution in [2.24, 2.45) is 22.2 Å². The number of carbonyl (C=O) groups excluding carboxylic acids is 2. The van der Waals surface area contributed by atoms with E-state index in [1.807, 2.05) is 0 Å². The largest absolute Gasteiger partial charge is 0.450 e. The fourth-order valence-corrected chi connectivity index (χ4v) is 4.77. The first-order valence-corrected chi connectivity index (χ1v) is 15.3. The summed E-state index contributed by atoms with van der Waals surface area (Å²) in [5.74, 6) is 5.74. The second-order valence-corrected chi connectivity index (χ2v) is 11.5. The van der Waals surface area contributed by atoms with Crippen LogP contribution in [-0.2, 0) is 28.5 Å². The van der Waals surface area contributed by atoms with Crippen LogP contribution in [-0.4, -0.2) is 102 Å². The van der Waals surface area contributed by atoms with Crippen LogP contribution in [0.3, 0.4) is 0 Å². The van der Waals surface area contributed by atoms with Crippen molar-refractivity contribution in [1.82, 2.24) is 10.6 Å². The maximum Gasteiger partial charge on any atom is 0.407 e. The van der Waals surface area contributed by atoms with E-state index in [9.17, 15) is 9.59 Å². The standard InChI is InChI=1S/C25H46N6O7S2/c1-25(2,7-13-36-20-29-10-15-35-17-16-34-14-8-26)40-39-21-37-11-3-4-12-38-24(33)30-9-5-6-22(18-27)23(28)31-19-32/h18-19,29H,3-4,7-17,20-21,26-27H2,1-2H3,(H,30,33)(H2,28,31,32)/b22-18-. The number of amidine groups is 1. The molecule has 0 fully saturated rings. The van der Waals surface area contributed by atoms with E-state index in [1.54, 1.807) is 21.6 Å². The van der Waals surface area contributed by atoms with Crippen molar-refractivity contribution in [3.63, 3.8) is 0 Å². The summed E-state index contributed by atoms with van der Waals surface area (Å²) >= 11 is 0. The molecule has 0 saturated carbocycles. The number of ether oxygens (including phenoxy) is 5. The Labute approximate surface area is 245 Å². The number of unbranched alkanes of at least 4 members (excludes halogenated alkanes) is 1. The first-order chi connectivity index (χ1) is 19.4. The second kappa shape index (κ2) is 27.2. The first-order valence-electron chi connectivity index (χ1n) is 13.0. The summed E-state index contributed by atoms with van der Waals surface area (Å²) in [6, 6.07) is 0. The van der Waals surface area contributed by atoms with E-state index in [2.05, 4.69) is 41.3 Å². The summed E-state index contributed by atoms with van der Waals surface area (Å²) in [6.07, 6.45) is 3.22. The van der Waals surface area contributed by atoms with Crippen LogP contribution >= 0.6 is 21.6 Å². The summed E-state index contributed by atoms with van der Waals surface area (Å²) in [7, 11) is 3.44. The highest BCUT2D eigenvalue weighted by Gasteiger charge is 2.18. The molecular weight excluding hydrogens is 560 g/mol. The Bertz CT molecular complexity index is 791. The molecule has 0 bridgehead atoms. The fourth-order valence-electron chi connectivity index (χ4n) is 2.50. The Morgan fingerprint density at radius 1 is 1.02 bits per heavy atom. The predicted octanol–water partition coefficient (Wildman–Crippen LogP) is 0.932. The van der Waals surface area contributed by atoms with Crippen LogP contribution in [0.4, 0.5) is 4.79 Å². The van der Waals surface area contributed by atoms with E-state index in [-0.39, 0.29) is 29.3 Å². The average Bonchev–Trinajstić information content (AvgIpc) is 2.92. The molecule has 0 unspecified atom stereocenters. The zero-order valence-electron chi connectivity index (χ0n) is 23.6. The number of rotatable bonds is 25. The molecule has 0 aromatic rings. The molecule has 0 aromatic carbocycles. The molecular formula is C25H46N6O7S2. The van der Waals surface area contributed by atoms with Crippen LogP contribution in [0.2, 0.25) is 0 Å². The van der Waals surface area contributed by atoms with Crippen molar-refractivity contribution < 1.29 is 33.3 Å². The first kappa shape index (κ1) is 38.0. The molecule has 0 rings (SSSR count). The predicted molar refractivity (Wildman–Crippen MR) is 161 cm³/mol. The van der Waals surface area contributed by atoms with Gasteiger partial charge < -0.3 is 46.2 Å². The molecule has 0 radical (unpaired) electrons. The quantitative estimate of drug-likeness (QED) is 0.0187. The zero-order chi connectivity index (χ0) is 29.7. The van der Waals surface area contributed by atoms with E-state index in [1.165, 1.54) is 0 Å². The fraction of sp³-hybridized carbons (Fsp3) is 0.720. The number of amides is 2. The Morgan fingerprint density at radius 2 is 1.77 bits per heavy atom. The number of nitrogens with one attached hydrogen (secondary N) is 2. The van der Waals surface area contributed by atoms with Gasteiger partial charge in [-0.1, -0.05) is 33.4 Å². The van der Waals surface area contributed by atoms with E-state index in [0.29, 0.717) is 71.7 Å². The summed E-state index contributed by atoms with van der Waals surface area (Å²) in [6.45, 7) is 9.96. The third kappa shape index (κ3) is 25.0. The number of nitrogens with zero attached hydrogens (tertiary/aromatic N) is 1. The third-order valence-electron chi connectivity index (χ3n) is 4.62. The number of carbonyl (C=O) groups is 2. The van der Waals surface area contributed by atoms with Gasteiger partial charge in [0.2, 0.25) is 6.41 Å². The maximum absolute atomic E-state index is 11.7. The van der Waals surface area contributed by atoms with Crippen molar-refractivity contribution in [2.45, 2.75) is 37.9 Å². The lowest BCUT2D eigenvalue weighted by molar-refractivity contribution is -0.106. The van der Waals surface area contributed by atoms with Crippen molar-refractivity contribution in [1.29, 1.82) is 0 Å². The molecule has 0 aromatic heterocycles. The molecule has 0 aliphatic carbocycles. The normalized spacial score (nSPS) is 12.1. The molecule has 40 heavy (non-hydrogen) atoms.